The van der Waals surface area contributed by atoms with E-state index in [1.54, 1.807) is 0 Å². The lowest BCUT2D eigenvalue weighted by Crippen LogP contribution is -2.27. The highest BCUT2D eigenvalue weighted by atomic mass is 28.3. The monoisotopic (exact) mass is 208 g/mol. The summed E-state index contributed by atoms with van der Waals surface area (Å²) in [5.74, 6) is 4.03. The first-order valence-electron chi connectivity index (χ1n) is 5.33. The summed E-state index contributed by atoms with van der Waals surface area (Å²) in [4.78, 5) is 11.7. The second-order valence-electron chi connectivity index (χ2n) is 5.57. The van der Waals surface area contributed by atoms with Gasteiger partial charge in [-0.1, -0.05) is 32.5 Å². The van der Waals surface area contributed by atoms with Gasteiger partial charge in [0.1, 0.15) is 8.07 Å². The van der Waals surface area contributed by atoms with E-state index < -0.39 is 8.07 Å². The predicted octanol–water partition coefficient (Wildman–Crippen LogP) is 2.87. The van der Waals surface area contributed by atoms with Crippen LogP contribution in [-0.4, -0.2) is 13.9 Å². The van der Waals surface area contributed by atoms with E-state index in [9.17, 15) is 4.79 Å². The fourth-order valence-corrected chi connectivity index (χ4v) is 2.32. The van der Waals surface area contributed by atoms with Crippen molar-refractivity contribution in [2.45, 2.75) is 46.3 Å². The van der Waals surface area contributed by atoms with Gasteiger partial charge in [-0.25, -0.2) is 0 Å². The average molecular weight is 208 g/mol. The van der Waals surface area contributed by atoms with Crippen LogP contribution < -0.4 is 0 Å². The summed E-state index contributed by atoms with van der Waals surface area (Å²) in [5.41, 5.74) is 2.99. The van der Waals surface area contributed by atoms with E-state index in [-0.39, 0.29) is 5.41 Å². The standard InChI is InChI=1S/C12H20OSi/c1-10-6-7-11(13)12(10,2)8-9-14(3,4)5/h10H,6-7H2,1-5H3. The number of ketones is 1. The molecule has 0 N–H and O–H groups in total. The minimum absolute atomic E-state index is 0.343. The van der Waals surface area contributed by atoms with Crippen LogP contribution in [0.4, 0.5) is 0 Å². The third-order valence-corrected chi connectivity index (χ3v) is 3.94. The molecule has 0 bridgehead atoms. The third kappa shape index (κ3) is 2.27. The van der Waals surface area contributed by atoms with E-state index in [0.29, 0.717) is 11.7 Å². The minimum Gasteiger partial charge on any atom is -0.298 e. The lowest BCUT2D eigenvalue weighted by Gasteiger charge is -2.21. The van der Waals surface area contributed by atoms with E-state index in [1.807, 2.05) is 6.92 Å². The number of hydrogen-bond donors (Lipinski definition) is 0. The Balaban J connectivity index is 2.94. The highest BCUT2D eigenvalue weighted by Crippen LogP contribution is 2.39. The number of rotatable bonds is 0. The Hall–Kier alpha value is -0.553. The smallest absolute Gasteiger partial charge is 0.150 e. The quantitative estimate of drug-likeness (QED) is 0.442. The van der Waals surface area contributed by atoms with Gasteiger partial charge in [0.15, 0.2) is 5.78 Å². The topological polar surface area (TPSA) is 17.1 Å². The van der Waals surface area contributed by atoms with Crippen LogP contribution in [0.1, 0.15) is 26.7 Å². The molecule has 0 saturated heterocycles. The van der Waals surface area contributed by atoms with Gasteiger partial charge in [-0.3, -0.25) is 4.79 Å². The molecule has 1 rings (SSSR count). The Bertz CT molecular complexity index is 303. The highest BCUT2D eigenvalue weighted by Gasteiger charge is 2.42. The minimum atomic E-state index is -1.34. The molecule has 1 nitrogen and oxygen atoms in total. The van der Waals surface area contributed by atoms with Gasteiger partial charge in [-0.05, 0) is 19.3 Å². The Morgan fingerprint density at radius 1 is 1.43 bits per heavy atom. The van der Waals surface area contributed by atoms with Crippen molar-refractivity contribution in [3.8, 4) is 11.5 Å². The third-order valence-electron chi connectivity index (χ3n) is 3.07. The van der Waals surface area contributed by atoms with E-state index >= 15 is 0 Å². The molecule has 1 aliphatic rings. The summed E-state index contributed by atoms with van der Waals surface area (Å²) in [5, 5.41) is 0. The first kappa shape index (κ1) is 11.5. The fourth-order valence-electron chi connectivity index (χ4n) is 1.68. The maximum atomic E-state index is 11.7. The molecule has 78 valence electrons. The van der Waals surface area contributed by atoms with Gasteiger partial charge in [0.25, 0.3) is 0 Å². The summed E-state index contributed by atoms with van der Waals surface area (Å²) >= 11 is 0. The Kier molecular flexibility index (Phi) is 2.92. The molecule has 1 saturated carbocycles. The van der Waals surface area contributed by atoms with E-state index in [1.165, 1.54) is 0 Å². The van der Waals surface area contributed by atoms with Crippen LogP contribution in [0.15, 0.2) is 0 Å². The van der Waals surface area contributed by atoms with Crippen molar-refractivity contribution in [2.75, 3.05) is 0 Å². The Labute approximate surface area is 88.3 Å². The molecule has 0 amide bonds. The molecule has 0 aromatic rings. The second kappa shape index (κ2) is 3.55. The second-order valence-corrected chi connectivity index (χ2v) is 10.3. The van der Waals surface area contributed by atoms with E-state index in [2.05, 4.69) is 38.0 Å². The Morgan fingerprint density at radius 2 is 2.00 bits per heavy atom. The molecule has 0 aromatic carbocycles. The molecule has 0 aliphatic heterocycles. The van der Waals surface area contributed by atoms with E-state index in [0.717, 1.165) is 12.8 Å². The van der Waals surface area contributed by atoms with Gasteiger partial charge < -0.3 is 0 Å². The average Bonchev–Trinajstić information content (AvgIpc) is 2.29. The molecule has 0 heterocycles. The van der Waals surface area contributed by atoms with Gasteiger partial charge in [0.2, 0.25) is 0 Å². The summed E-state index contributed by atoms with van der Waals surface area (Å²) < 4.78 is 0. The molecular formula is C12H20OSi. The highest BCUT2D eigenvalue weighted by molar-refractivity contribution is 6.83. The van der Waals surface area contributed by atoms with Gasteiger partial charge in [-0.2, -0.15) is 0 Å². The maximum Gasteiger partial charge on any atom is 0.150 e. The molecule has 0 aromatic heterocycles. The first-order chi connectivity index (χ1) is 6.26. The van der Waals surface area contributed by atoms with Crippen molar-refractivity contribution in [1.29, 1.82) is 0 Å². The lowest BCUT2D eigenvalue weighted by molar-refractivity contribution is -0.123. The fraction of sp³-hybridized carbons (Fsp3) is 0.750. The van der Waals surface area contributed by atoms with Crippen molar-refractivity contribution >= 4 is 13.9 Å². The zero-order chi connectivity index (χ0) is 11.0. The van der Waals surface area contributed by atoms with Crippen LogP contribution in [0.2, 0.25) is 19.6 Å². The zero-order valence-electron chi connectivity index (χ0n) is 9.90. The van der Waals surface area contributed by atoms with Crippen LogP contribution in [0.5, 0.6) is 0 Å². The number of carbonyl (C=O) groups excluding carboxylic acids is 1. The molecular weight excluding hydrogens is 188 g/mol. The Morgan fingerprint density at radius 3 is 2.36 bits per heavy atom. The van der Waals surface area contributed by atoms with Crippen molar-refractivity contribution < 1.29 is 4.79 Å². The SMILES string of the molecule is CC1CCC(=O)C1(C)C#C[Si](C)(C)C. The summed E-state index contributed by atoms with van der Waals surface area (Å²) in [6.45, 7) is 10.8. The predicted molar refractivity (Wildman–Crippen MR) is 62.6 cm³/mol. The number of Topliss-reactive ketones (excluding diaryl/α,β-unsaturated/α-hetero) is 1. The van der Waals surface area contributed by atoms with Crippen LogP contribution in [0, 0.1) is 22.8 Å². The van der Waals surface area contributed by atoms with Crippen LogP contribution in [-0.2, 0) is 4.79 Å². The summed E-state index contributed by atoms with van der Waals surface area (Å²) in [6.07, 6.45) is 1.73. The number of hydrogen-bond acceptors (Lipinski definition) is 1. The largest absolute Gasteiger partial charge is 0.298 e. The molecule has 0 spiro atoms. The first-order valence-corrected chi connectivity index (χ1v) is 8.83. The van der Waals surface area contributed by atoms with Crippen molar-refractivity contribution in [3.63, 3.8) is 0 Å². The molecule has 2 unspecified atom stereocenters. The van der Waals surface area contributed by atoms with Gasteiger partial charge in [-0.15, -0.1) is 5.54 Å². The van der Waals surface area contributed by atoms with Crippen molar-refractivity contribution in [2.24, 2.45) is 11.3 Å². The maximum absolute atomic E-state index is 11.7. The van der Waals surface area contributed by atoms with Crippen LogP contribution in [0.3, 0.4) is 0 Å². The van der Waals surface area contributed by atoms with Crippen LogP contribution >= 0.6 is 0 Å². The normalized spacial score (nSPS) is 32.6. The van der Waals surface area contributed by atoms with Gasteiger partial charge in [0.05, 0.1) is 5.41 Å². The van der Waals surface area contributed by atoms with Gasteiger partial charge in [0, 0.05) is 6.42 Å². The summed E-state index contributed by atoms with van der Waals surface area (Å²) in [6, 6.07) is 0. The van der Waals surface area contributed by atoms with E-state index in [4.69, 9.17) is 0 Å². The van der Waals surface area contributed by atoms with Crippen LogP contribution in [0.25, 0.3) is 0 Å². The van der Waals surface area contributed by atoms with Gasteiger partial charge >= 0.3 is 0 Å². The molecule has 2 atom stereocenters. The molecule has 2 heteroatoms. The number of carbonyl (C=O) groups is 1. The summed E-state index contributed by atoms with van der Waals surface area (Å²) in [7, 11) is -1.34. The van der Waals surface area contributed by atoms with Crippen molar-refractivity contribution in [1.82, 2.24) is 0 Å². The molecule has 1 aliphatic carbocycles. The molecule has 14 heavy (non-hydrogen) atoms. The zero-order valence-corrected chi connectivity index (χ0v) is 10.9. The molecule has 0 radical (unpaired) electrons. The molecule has 1 fully saturated rings. The lowest BCUT2D eigenvalue weighted by atomic mass is 9.81. The van der Waals surface area contributed by atoms with Crippen molar-refractivity contribution in [3.05, 3.63) is 0 Å².